The van der Waals surface area contributed by atoms with E-state index >= 15 is 0 Å². The van der Waals surface area contributed by atoms with E-state index in [2.05, 4.69) is 0 Å². The van der Waals surface area contributed by atoms with Gasteiger partial charge in [-0.1, -0.05) is 30.3 Å². The highest BCUT2D eigenvalue weighted by Crippen LogP contribution is 2.17. The van der Waals surface area contributed by atoms with E-state index in [1.807, 2.05) is 30.3 Å². The Bertz CT molecular complexity index is 331. The van der Waals surface area contributed by atoms with Gasteiger partial charge in [-0.05, 0) is 5.56 Å². The quantitative estimate of drug-likeness (QED) is 0.808. The van der Waals surface area contributed by atoms with Gasteiger partial charge in [0.1, 0.15) is 0 Å². The van der Waals surface area contributed by atoms with Crippen LogP contribution in [0.2, 0.25) is 0 Å². The van der Waals surface area contributed by atoms with Crippen LogP contribution in [0.15, 0.2) is 30.3 Å². The molecule has 0 amide bonds. The van der Waals surface area contributed by atoms with Gasteiger partial charge in [0.15, 0.2) is 0 Å². The van der Waals surface area contributed by atoms with Gasteiger partial charge in [0, 0.05) is 6.42 Å². The number of aliphatic hydroxyl groups excluding tert-OH is 1. The van der Waals surface area contributed by atoms with Gasteiger partial charge in [0.2, 0.25) is 0 Å². The molecule has 1 fully saturated rings. The van der Waals surface area contributed by atoms with E-state index in [0.29, 0.717) is 19.6 Å². The van der Waals surface area contributed by atoms with E-state index in [1.165, 1.54) is 0 Å². The Kier molecular flexibility index (Phi) is 4.50. The van der Waals surface area contributed by atoms with Gasteiger partial charge >= 0.3 is 0 Å². The maximum Gasteiger partial charge on any atom is 0.0831 e. The van der Waals surface area contributed by atoms with Gasteiger partial charge < -0.3 is 20.3 Å². The van der Waals surface area contributed by atoms with Crippen LogP contribution in [0.3, 0.4) is 0 Å². The van der Waals surface area contributed by atoms with Gasteiger partial charge in [-0.15, -0.1) is 0 Å². The maximum absolute atomic E-state index is 9.06. The van der Waals surface area contributed by atoms with Crippen molar-refractivity contribution in [1.82, 2.24) is 0 Å². The lowest BCUT2D eigenvalue weighted by molar-refractivity contribution is -0.103. The summed E-state index contributed by atoms with van der Waals surface area (Å²) in [6.45, 7) is 1.03. The summed E-state index contributed by atoms with van der Waals surface area (Å²) in [5.41, 5.74) is 7.06. The van der Waals surface area contributed by atoms with Crippen molar-refractivity contribution < 1.29 is 14.6 Å². The summed E-state index contributed by atoms with van der Waals surface area (Å²) in [6.07, 6.45) is 0.474. The van der Waals surface area contributed by atoms with Gasteiger partial charge in [-0.3, -0.25) is 0 Å². The van der Waals surface area contributed by atoms with Crippen LogP contribution in [0.25, 0.3) is 0 Å². The molecule has 1 aliphatic heterocycles. The number of aliphatic hydroxyl groups is 1. The molecule has 1 aromatic carbocycles. The number of rotatable bonds is 4. The number of nitrogens with two attached hydrogens (primary N) is 1. The van der Waals surface area contributed by atoms with Crippen molar-refractivity contribution >= 4 is 0 Å². The summed E-state index contributed by atoms with van der Waals surface area (Å²) in [6, 6.07) is 9.88. The van der Waals surface area contributed by atoms with Crippen molar-refractivity contribution in [2.24, 2.45) is 5.73 Å². The molecule has 1 aromatic rings. The average molecular weight is 237 g/mol. The van der Waals surface area contributed by atoms with E-state index in [0.717, 1.165) is 5.56 Å². The molecule has 0 aliphatic carbocycles. The molecule has 94 valence electrons. The van der Waals surface area contributed by atoms with Crippen molar-refractivity contribution in [2.75, 3.05) is 13.2 Å². The van der Waals surface area contributed by atoms with Gasteiger partial charge in [-0.25, -0.2) is 0 Å². The maximum atomic E-state index is 9.06. The van der Waals surface area contributed by atoms with Crippen molar-refractivity contribution in [3.8, 4) is 0 Å². The minimum Gasteiger partial charge on any atom is -0.394 e. The molecule has 3 atom stereocenters. The SMILES string of the molecule is NC1COC(CO)C[C@H]1OCc1ccccc1. The van der Waals surface area contributed by atoms with Crippen LogP contribution in [-0.4, -0.2) is 36.6 Å². The molecule has 3 N–H and O–H groups in total. The number of ether oxygens (including phenoxy) is 2. The van der Waals surface area contributed by atoms with E-state index in [4.69, 9.17) is 20.3 Å². The van der Waals surface area contributed by atoms with Crippen LogP contribution >= 0.6 is 0 Å². The summed E-state index contributed by atoms with van der Waals surface area (Å²) in [4.78, 5) is 0. The molecule has 1 saturated heterocycles. The highest BCUT2D eigenvalue weighted by molar-refractivity contribution is 5.13. The first kappa shape index (κ1) is 12.5. The van der Waals surface area contributed by atoms with Gasteiger partial charge in [0.05, 0.1) is 38.1 Å². The Morgan fingerprint density at radius 3 is 2.82 bits per heavy atom. The van der Waals surface area contributed by atoms with Crippen LogP contribution in [0.1, 0.15) is 12.0 Å². The third-order valence-corrected chi connectivity index (χ3v) is 3.01. The molecule has 0 radical (unpaired) electrons. The summed E-state index contributed by atoms with van der Waals surface area (Å²) in [5, 5.41) is 9.06. The van der Waals surface area contributed by atoms with Crippen molar-refractivity contribution in [2.45, 2.75) is 31.3 Å². The molecule has 0 saturated carbocycles. The Morgan fingerprint density at radius 2 is 2.12 bits per heavy atom. The topological polar surface area (TPSA) is 64.7 Å². The van der Waals surface area contributed by atoms with E-state index in [-0.39, 0.29) is 24.9 Å². The smallest absolute Gasteiger partial charge is 0.0831 e. The molecule has 4 heteroatoms. The second-order valence-electron chi connectivity index (χ2n) is 4.37. The largest absolute Gasteiger partial charge is 0.394 e. The molecule has 0 aromatic heterocycles. The second-order valence-corrected chi connectivity index (χ2v) is 4.37. The fraction of sp³-hybridized carbons (Fsp3) is 0.538. The highest BCUT2D eigenvalue weighted by Gasteiger charge is 2.29. The van der Waals surface area contributed by atoms with Crippen molar-refractivity contribution in [3.63, 3.8) is 0 Å². The molecule has 0 spiro atoms. The fourth-order valence-electron chi connectivity index (χ4n) is 1.95. The third kappa shape index (κ3) is 3.51. The fourth-order valence-corrected chi connectivity index (χ4v) is 1.95. The van der Waals surface area contributed by atoms with Crippen LogP contribution in [-0.2, 0) is 16.1 Å². The number of hydrogen-bond donors (Lipinski definition) is 2. The first-order valence-electron chi connectivity index (χ1n) is 5.93. The molecule has 17 heavy (non-hydrogen) atoms. The lowest BCUT2D eigenvalue weighted by Gasteiger charge is -2.33. The van der Waals surface area contributed by atoms with E-state index in [1.54, 1.807) is 0 Å². The predicted octanol–water partition coefficient (Wildman–Crippen LogP) is 0.680. The molecule has 0 bridgehead atoms. The first-order valence-corrected chi connectivity index (χ1v) is 5.93. The lowest BCUT2D eigenvalue weighted by Crippen LogP contribution is -2.48. The zero-order valence-electron chi connectivity index (χ0n) is 9.79. The molecule has 2 rings (SSSR count). The van der Waals surface area contributed by atoms with Crippen molar-refractivity contribution in [1.29, 1.82) is 0 Å². The zero-order chi connectivity index (χ0) is 12.1. The zero-order valence-corrected chi connectivity index (χ0v) is 9.79. The minimum absolute atomic E-state index is 0.0257. The van der Waals surface area contributed by atoms with Crippen LogP contribution in [0, 0.1) is 0 Å². The van der Waals surface area contributed by atoms with Gasteiger partial charge in [0.25, 0.3) is 0 Å². The summed E-state index contributed by atoms with van der Waals surface area (Å²) in [7, 11) is 0. The van der Waals surface area contributed by atoms with E-state index < -0.39 is 0 Å². The summed E-state index contributed by atoms with van der Waals surface area (Å²) < 4.78 is 11.2. The Balaban J connectivity index is 1.85. The molecule has 1 heterocycles. The van der Waals surface area contributed by atoms with Gasteiger partial charge in [-0.2, -0.15) is 0 Å². The second kappa shape index (κ2) is 6.12. The number of hydrogen-bond acceptors (Lipinski definition) is 4. The van der Waals surface area contributed by atoms with Crippen LogP contribution in [0.5, 0.6) is 0 Å². The average Bonchev–Trinajstić information content (AvgIpc) is 2.39. The summed E-state index contributed by atoms with van der Waals surface area (Å²) in [5.74, 6) is 0. The normalized spacial score (nSPS) is 29.2. The Morgan fingerprint density at radius 1 is 1.35 bits per heavy atom. The van der Waals surface area contributed by atoms with Crippen LogP contribution in [0.4, 0.5) is 0 Å². The minimum atomic E-state index is -0.143. The van der Waals surface area contributed by atoms with Crippen LogP contribution < -0.4 is 5.73 Å². The van der Waals surface area contributed by atoms with E-state index in [9.17, 15) is 0 Å². The summed E-state index contributed by atoms with van der Waals surface area (Å²) >= 11 is 0. The molecule has 2 unspecified atom stereocenters. The third-order valence-electron chi connectivity index (χ3n) is 3.01. The predicted molar refractivity (Wildman–Crippen MR) is 64.4 cm³/mol. The molecular formula is C13H19NO3. The van der Waals surface area contributed by atoms with Crippen molar-refractivity contribution in [3.05, 3.63) is 35.9 Å². The Labute approximate surface area is 101 Å². The first-order chi connectivity index (χ1) is 8.29. The standard InChI is InChI=1S/C13H19NO3/c14-12-9-16-11(7-15)6-13(12)17-8-10-4-2-1-3-5-10/h1-5,11-13,15H,6-9,14H2/t11?,12?,13-/m1/s1. The molecule has 4 nitrogen and oxygen atoms in total. The molecular weight excluding hydrogens is 218 g/mol. The monoisotopic (exact) mass is 237 g/mol. The molecule has 1 aliphatic rings. The Hall–Kier alpha value is -0.940. The highest BCUT2D eigenvalue weighted by atomic mass is 16.5. The lowest BCUT2D eigenvalue weighted by atomic mass is 10.0. The number of benzene rings is 1.